The Balaban J connectivity index is 1.78. The summed E-state index contributed by atoms with van der Waals surface area (Å²) in [5.74, 6) is 1.50. The predicted octanol–water partition coefficient (Wildman–Crippen LogP) is 3.27. The summed E-state index contributed by atoms with van der Waals surface area (Å²) in [6.45, 7) is 2.09. The van der Waals surface area contributed by atoms with Gasteiger partial charge in [0.25, 0.3) is 11.8 Å². The molecular weight excluding hydrogens is 342 g/mol. The highest BCUT2D eigenvalue weighted by Gasteiger charge is 2.17. The number of nitrogens with one attached hydrogen (secondary N) is 2. The van der Waals surface area contributed by atoms with Crippen LogP contribution in [0.3, 0.4) is 0 Å². The summed E-state index contributed by atoms with van der Waals surface area (Å²) in [5, 5.41) is 9.18. The maximum Gasteiger partial charge on any atom is 0.294 e. The Morgan fingerprint density at radius 3 is 2.59 bits per heavy atom. The van der Waals surface area contributed by atoms with Crippen LogP contribution in [-0.4, -0.2) is 23.5 Å². The van der Waals surface area contributed by atoms with Crippen molar-refractivity contribution < 1.29 is 14.1 Å². The smallest absolute Gasteiger partial charge is 0.294 e. The van der Waals surface area contributed by atoms with Crippen molar-refractivity contribution in [2.75, 3.05) is 11.9 Å². The molecule has 0 spiro atoms. The van der Waals surface area contributed by atoms with Gasteiger partial charge in [0.15, 0.2) is 0 Å². The third-order valence-electron chi connectivity index (χ3n) is 3.85. The van der Waals surface area contributed by atoms with Crippen LogP contribution in [0.5, 0.6) is 0 Å². The molecule has 6 heteroatoms. The molecule has 0 radical (unpaired) electrons. The summed E-state index contributed by atoms with van der Waals surface area (Å²) in [6.07, 6.45) is 5.15. The van der Waals surface area contributed by atoms with Crippen molar-refractivity contribution in [2.24, 2.45) is 0 Å². The number of aromatic nitrogens is 1. The van der Waals surface area contributed by atoms with Gasteiger partial charge in [-0.25, -0.2) is 0 Å². The van der Waals surface area contributed by atoms with Crippen LogP contribution in [0, 0.1) is 19.3 Å². The van der Waals surface area contributed by atoms with E-state index >= 15 is 0 Å². The second kappa shape index (κ2) is 8.02. The van der Waals surface area contributed by atoms with Crippen LogP contribution >= 0.6 is 0 Å². The Bertz CT molecular complexity index is 1010. The molecule has 0 atom stereocenters. The van der Waals surface area contributed by atoms with Crippen LogP contribution in [0.25, 0.3) is 11.3 Å². The monoisotopic (exact) mass is 359 g/mol. The van der Waals surface area contributed by atoms with Crippen molar-refractivity contribution in [1.82, 2.24) is 10.5 Å². The van der Waals surface area contributed by atoms with Crippen LogP contribution in [0.4, 0.5) is 5.69 Å². The minimum Gasteiger partial charge on any atom is -0.350 e. The first-order valence-electron chi connectivity index (χ1n) is 8.24. The fourth-order valence-electron chi connectivity index (χ4n) is 2.44. The molecule has 3 rings (SSSR count). The van der Waals surface area contributed by atoms with Crippen molar-refractivity contribution >= 4 is 17.5 Å². The Labute approximate surface area is 156 Å². The molecule has 0 saturated carbocycles. The van der Waals surface area contributed by atoms with Gasteiger partial charge in [-0.05, 0) is 19.1 Å². The molecule has 0 unspecified atom stereocenters. The number of benzene rings is 2. The van der Waals surface area contributed by atoms with E-state index in [1.165, 1.54) is 0 Å². The topological polar surface area (TPSA) is 84.2 Å². The quantitative estimate of drug-likeness (QED) is 0.685. The van der Waals surface area contributed by atoms with Gasteiger partial charge in [0.2, 0.25) is 5.76 Å². The summed E-state index contributed by atoms with van der Waals surface area (Å²) in [7, 11) is 0. The lowest BCUT2D eigenvalue weighted by Gasteiger charge is -2.09. The van der Waals surface area contributed by atoms with Crippen LogP contribution < -0.4 is 10.6 Å². The molecule has 134 valence electrons. The van der Waals surface area contributed by atoms with Crippen LogP contribution in [0.15, 0.2) is 59.1 Å². The third-order valence-corrected chi connectivity index (χ3v) is 3.85. The lowest BCUT2D eigenvalue weighted by Crippen LogP contribution is -2.25. The summed E-state index contributed by atoms with van der Waals surface area (Å²) in [5.41, 5.74) is 3.18. The van der Waals surface area contributed by atoms with Gasteiger partial charge in [-0.1, -0.05) is 53.0 Å². The van der Waals surface area contributed by atoms with E-state index in [1.54, 1.807) is 30.3 Å². The number of terminal acetylenes is 1. The lowest BCUT2D eigenvalue weighted by molar-refractivity contribution is 0.0959. The molecule has 0 aliphatic heterocycles. The van der Waals surface area contributed by atoms with E-state index in [2.05, 4.69) is 21.7 Å². The Morgan fingerprint density at radius 2 is 1.85 bits per heavy atom. The predicted molar refractivity (Wildman–Crippen MR) is 102 cm³/mol. The van der Waals surface area contributed by atoms with E-state index < -0.39 is 5.91 Å². The van der Waals surface area contributed by atoms with Gasteiger partial charge < -0.3 is 15.2 Å². The van der Waals surface area contributed by atoms with Gasteiger partial charge in [0, 0.05) is 11.6 Å². The van der Waals surface area contributed by atoms with Crippen molar-refractivity contribution in [1.29, 1.82) is 0 Å². The number of carbonyl (C=O) groups is 2. The van der Waals surface area contributed by atoms with Crippen LogP contribution in [-0.2, 0) is 0 Å². The van der Waals surface area contributed by atoms with Gasteiger partial charge >= 0.3 is 0 Å². The van der Waals surface area contributed by atoms with Gasteiger partial charge in [-0.3, -0.25) is 9.59 Å². The normalized spacial score (nSPS) is 10.1. The third kappa shape index (κ3) is 4.22. The van der Waals surface area contributed by atoms with Crippen LogP contribution in [0.2, 0.25) is 0 Å². The zero-order chi connectivity index (χ0) is 19.2. The molecule has 27 heavy (non-hydrogen) atoms. The van der Waals surface area contributed by atoms with Crippen molar-refractivity contribution in [3.05, 3.63) is 71.5 Å². The Kier molecular flexibility index (Phi) is 5.33. The maximum absolute atomic E-state index is 12.5. The molecule has 0 saturated heterocycles. The molecule has 0 fully saturated rings. The van der Waals surface area contributed by atoms with E-state index in [4.69, 9.17) is 10.9 Å². The van der Waals surface area contributed by atoms with E-state index in [1.807, 2.05) is 31.2 Å². The molecule has 1 aromatic heterocycles. The molecular formula is C21H17N3O3. The van der Waals surface area contributed by atoms with E-state index in [0.29, 0.717) is 16.9 Å². The summed E-state index contributed by atoms with van der Waals surface area (Å²) < 4.78 is 5.16. The number of para-hydroxylation sites is 1. The molecule has 0 aliphatic carbocycles. The number of hydrogen-bond donors (Lipinski definition) is 2. The first-order valence-corrected chi connectivity index (χ1v) is 8.24. The average Bonchev–Trinajstić information content (AvgIpc) is 3.17. The zero-order valence-corrected chi connectivity index (χ0v) is 14.7. The standard InChI is InChI=1S/C21H17N3O3/c1-3-12-22-20(25)16-6-4-5-7-17(16)23-21(26)19-13-18(24-27-19)15-10-8-14(2)9-11-15/h1,4-11,13H,12H2,2H3,(H,22,25)(H,23,26). The van der Waals surface area contributed by atoms with Crippen molar-refractivity contribution in [3.8, 4) is 23.6 Å². The highest BCUT2D eigenvalue weighted by molar-refractivity contribution is 6.08. The maximum atomic E-state index is 12.5. The molecule has 2 aromatic carbocycles. The van der Waals surface area contributed by atoms with Gasteiger partial charge in [-0.15, -0.1) is 6.42 Å². The lowest BCUT2D eigenvalue weighted by atomic mass is 10.1. The Morgan fingerprint density at radius 1 is 1.11 bits per heavy atom. The van der Waals surface area contributed by atoms with Crippen molar-refractivity contribution in [2.45, 2.75) is 6.92 Å². The van der Waals surface area contributed by atoms with E-state index in [0.717, 1.165) is 11.1 Å². The highest BCUT2D eigenvalue weighted by atomic mass is 16.5. The average molecular weight is 359 g/mol. The largest absolute Gasteiger partial charge is 0.350 e. The Hall–Kier alpha value is -3.85. The van der Waals surface area contributed by atoms with Crippen molar-refractivity contribution in [3.63, 3.8) is 0 Å². The summed E-state index contributed by atoms with van der Waals surface area (Å²) >= 11 is 0. The zero-order valence-electron chi connectivity index (χ0n) is 14.7. The number of hydrogen-bond acceptors (Lipinski definition) is 4. The number of nitrogens with zero attached hydrogens (tertiary/aromatic N) is 1. The van der Waals surface area contributed by atoms with E-state index in [-0.39, 0.29) is 18.2 Å². The highest BCUT2D eigenvalue weighted by Crippen LogP contribution is 2.21. The van der Waals surface area contributed by atoms with E-state index in [9.17, 15) is 9.59 Å². The number of rotatable bonds is 5. The minimum atomic E-state index is -0.502. The van der Waals surface area contributed by atoms with Crippen LogP contribution in [0.1, 0.15) is 26.5 Å². The number of carbonyl (C=O) groups excluding carboxylic acids is 2. The summed E-state index contributed by atoms with van der Waals surface area (Å²) in [4.78, 5) is 24.7. The molecule has 2 N–H and O–H groups in total. The molecule has 0 aliphatic rings. The molecule has 1 heterocycles. The molecule has 6 nitrogen and oxygen atoms in total. The fraction of sp³-hybridized carbons (Fsp3) is 0.0952. The second-order valence-corrected chi connectivity index (χ2v) is 5.83. The van der Waals surface area contributed by atoms with Gasteiger partial charge in [0.1, 0.15) is 5.69 Å². The SMILES string of the molecule is C#CCNC(=O)c1ccccc1NC(=O)c1cc(-c2ccc(C)cc2)no1. The molecule has 2 amide bonds. The number of aryl methyl sites for hydroxylation is 1. The van der Waals surface area contributed by atoms with Gasteiger partial charge in [0.05, 0.1) is 17.8 Å². The second-order valence-electron chi connectivity index (χ2n) is 5.83. The summed E-state index contributed by atoms with van der Waals surface area (Å²) in [6, 6.07) is 15.9. The van der Waals surface area contributed by atoms with Gasteiger partial charge in [-0.2, -0.15) is 0 Å². The first kappa shape index (κ1) is 18.0. The molecule has 3 aromatic rings. The number of anilines is 1. The number of amides is 2. The molecule has 0 bridgehead atoms. The first-order chi connectivity index (χ1) is 13.1. The fourth-order valence-corrected chi connectivity index (χ4v) is 2.44. The minimum absolute atomic E-state index is 0.0458.